The normalized spacial score (nSPS) is 12.9. The van der Waals surface area contributed by atoms with Gasteiger partial charge in [-0.2, -0.15) is 0 Å². The number of nitrogens with two attached hydrogens (primary N) is 1. The summed E-state index contributed by atoms with van der Waals surface area (Å²) < 4.78 is 1.90. The number of rotatable bonds is 4. The highest BCUT2D eigenvalue weighted by molar-refractivity contribution is 5.62. The van der Waals surface area contributed by atoms with Crippen molar-refractivity contribution in [2.75, 3.05) is 11.9 Å². The molecule has 1 atom stereocenters. The first-order valence-corrected chi connectivity index (χ1v) is 5.39. The van der Waals surface area contributed by atoms with Crippen LogP contribution in [-0.2, 0) is 0 Å². The zero-order chi connectivity index (χ0) is 11.5. The zero-order valence-corrected chi connectivity index (χ0v) is 9.51. The molecule has 1 unspecified atom stereocenters. The number of anilines is 1. The monoisotopic (exact) mass is 220 g/mol. The Morgan fingerprint density at radius 3 is 3.00 bits per heavy atom. The van der Waals surface area contributed by atoms with Crippen LogP contribution in [0.15, 0.2) is 12.4 Å². The summed E-state index contributed by atoms with van der Waals surface area (Å²) in [6.45, 7) is 4.57. The maximum atomic E-state index is 5.65. The molecule has 0 bridgehead atoms. The van der Waals surface area contributed by atoms with Crippen LogP contribution in [-0.4, -0.2) is 32.2 Å². The number of hydrogen-bond donors (Lipinski definition) is 2. The molecule has 0 aromatic carbocycles. The molecule has 0 saturated carbocycles. The summed E-state index contributed by atoms with van der Waals surface area (Å²) in [6.07, 6.45) is 4.53. The first-order chi connectivity index (χ1) is 7.76. The molecule has 2 heterocycles. The van der Waals surface area contributed by atoms with Gasteiger partial charge in [0, 0.05) is 25.0 Å². The molecule has 2 rings (SSSR count). The van der Waals surface area contributed by atoms with Gasteiger partial charge in [0.15, 0.2) is 5.82 Å². The Bertz CT molecular complexity index is 473. The predicted octanol–water partition coefficient (Wildman–Crippen LogP) is 0.582. The molecule has 0 radical (unpaired) electrons. The molecule has 0 fully saturated rings. The second kappa shape index (κ2) is 4.44. The van der Waals surface area contributed by atoms with E-state index in [1.54, 1.807) is 6.20 Å². The van der Waals surface area contributed by atoms with Crippen LogP contribution in [0.2, 0.25) is 0 Å². The third-order valence-corrected chi connectivity index (χ3v) is 2.62. The van der Waals surface area contributed by atoms with Crippen LogP contribution in [0.4, 0.5) is 5.82 Å². The van der Waals surface area contributed by atoms with Crippen molar-refractivity contribution >= 4 is 11.5 Å². The Morgan fingerprint density at radius 1 is 1.50 bits per heavy atom. The summed E-state index contributed by atoms with van der Waals surface area (Å²) >= 11 is 0. The van der Waals surface area contributed by atoms with Crippen LogP contribution in [0.5, 0.6) is 0 Å². The van der Waals surface area contributed by atoms with Crippen molar-refractivity contribution < 1.29 is 0 Å². The molecule has 2 aromatic heterocycles. The Labute approximate surface area is 93.9 Å². The lowest BCUT2D eigenvalue weighted by Crippen LogP contribution is -2.28. The zero-order valence-electron chi connectivity index (χ0n) is 9.51. The summed E-state index contributed by atoms with van der Waals surface area (Å²) in [7, 11) is 0. The van der Waals surface area contributed by atoms with Gasteiger partial charge in [-0.25, -0.2) is 4.98 Å². The molecule has 16 heavy (non-hydrogen) atoms. The van der Waals surface area contributed by atoms with Crippen molar-refractivity contribution in [3.05, 3.63) is 18.2 Å². The molecule has 2 aromatic rings. The number of fused-ring (bicyclic) bond motifs is 1. The largest absolute Gasteiger partial charge is 0.363 e. The predicted molar refractivity (Wildman–Crippen MR) is 62.3 cm³/mol. The summed E-state index contributed by atoms with van der Waals surface area (Å²) in [6, 6.07) is 0.218. The summed E-state index contributed by atoms with van der Waals surface area (Å²) in [5, 5.41) is 11.4. The van der Waals surface area contributed by atoms with E-state index in [2.05, 4.69) is 27.4 Å². The first-order valence-electron chi connectivity index (χ1n) is 5.39. The van der Waals surface area contributed by atoms with Crippen molar-refractivity contribution in [3.63, 3.8) is 0 Å². The Kier molecular flexibility index (Phi) is 3.00. The molecule has 6 heteroatoms. The first kappa shape index (κ1) is 10.8. The molecule has 86 valence electrons. The number of aryl methyl sites for hydroxylation is 1. The van der Waals surface area contributed by atoms with E-state index in [0.29, 0.717) is 6.54 Å². The van der Waals surface area contributed by atoms with E-state index in [9.17, 15) is 0 Å². The van der Waals surface area contributed by atoms with Gasteiger partial charge in [-0.05, 0) is 13.3 Å². The van der Waals surface area contributed by atoms with E-state index >= 15 is 0 Å². The topological polar surface area (TPSA) is 81.1 Å². The third kappa shape index (κ3) is 1.83. The smallest absolute Gasteiger partial charge is 0.203 e. The van der Waals surface area contributed by atoms with Gasteiger partial charge in [0.25, 0.3) is 0 Å². The molecule has 0 aliphatic rings. The maximum Gasteiger partial charge on any atom is 0.203 e. The van der Waals surface area contributed by atoms with Crippen LogP contribution in [0.25, 0.3) is 5.65 Å². The minimum absolute atomic E-state index is 0.218. The average molecular weight is 220 g/mol. The van der Waals surface area contributed by atoms with Crippen molar-refractivity contribution in [1.82, 2.24) is 19.6 Å². The molecule has 0 amide bonds. The highest BCUT2D eigenvalue weighted by atomic mass is 15.3. The Balaban J connectivity index is 2.37. The SMILES string of the molecule is CCC(CN)Nc1nccn2c(C)nnc12. The second-order valence-corrected chi connectivity index (χ2v) is 3.70. The van der Waals surface area contributed by atoms with Crippen LogP contribution in [0, 0.1) is 6.92 Å². The maximum absolute atomic E-state index is 5.65. The lowest BCUT2D eigenvalue weighted by molar-refractivity contribution is 0.700. The van der Waals surface area contributed by atoms with Crippen LogP contribution in [0.3, 0.4) is 0 Å². The fourth-order valence-electron chi connectivity index (χ4n) is 1.56. The van der Waals surface area contributed by atoms with Gasteiger partial charge < -0.3 is 11.1 Å². The standard InChI is InChI=1S/C10H16N6/c1-3-8(6-11)13-9-10-15-14-7(2)16(10)5-4-12-9/h4-5,8H,3,6,11H2,1-2H3,(H,12,13). The molecule has 6 nitrogen and oxygen atoms in total. The molecular weight excluding hydrogens is 204 g/mol. The number of hydrogen-bond acceptors (Lipinski definition) is 5. The molecule has 0 spiro atoms. The minimum atomic E-state index is 0.218. The van der Waals surface area contributed by atoms with Gasteiger partial charge in [-0.3, -0.25) is 4.40 Å². The summed E-state index contributed by atoms with van der Waals surface area (Å²) in [4.78, 5) is 4.27. The van der Waals surface area contributed by atoms with E-state index in [4.69, 9.17) is 5.73 Å². The van der Waals surface area contributed by atoms with Gasteiger partial charge in [-0.15, -0.1) is 10.2 Å². The summed E-state index contributed by atoms with van der Waals surface area (Å²) in [5.41, 5.74) is 6.39. The van der Waals surface area contributed by atoms with Crippen molar-refractivity contribution in [2.45, 2.75) is 26.3 Å². The Morgan fingerprint density at radius 2 is 2.31 bits per heavy atom. The molecular formula is C10H16N6. The van der Waals surface area contributed by atoms with Gasteiger partial charge in [0.05, 0.1) is 0 Å². The van der Waals surface area contributed by atoms with E-state index in [0.717, 1.165) is 23.7 Å². The Hall–Kier alpha value is -1.69. The number of nitrogens with zero attached hydrogens (tertiary/aromatic N) is 4. The van der Waals surface area contributed by atoms with Crippen LogP contribution >= 0.6 is 0 Å². The van der Waals surface area contributed by atoms with Crippen LogP contribution in [0.1, 0.15) is 19.2 Å². The van der Waals surface area contributed by atoms with Gasteiger partial charge in [-0.1, -0.05) is 6.92 Å². The lowest BCUT2D eigenvalue weighted by atomic mass is 10.2. The molecule has 0 aliphatic carbocycles. The van der Waals surface area contributed by atoms with Crippen molar-refractivity contribution in [1.29, 1.82) is 0 Å². The fraction of sp³-hybridized carbons (Fsp3) is 0.500. The van der Waals surface area contributed by atoms with Gasteiger partial charge in [0.2, 0.25) is 5.65 Å². The minimum Gasteiger partial charge on any atom is -0.363 e. The number of aromatic nitrogens is 4. The highest BCUT2D eigenvalue weighted by Gasteiger charge is 2.10. The average Bonchev–Trinajstić information content (AvgIpc) is 2.69. The van der Waals surface area contributed by atoms with Gasteiger partial charge in [0.1, 0.15) is 5.82 Å². The van der Waals surface area contributed by atoms with E-state index < -0.39 is 0 Å². The molecule has 3 N–H and O–H groups in total. The fourth-order valence-corrected chi connectivity index (χ4v) is 1.56. The van der Waals surface area contributed by atoms with Crippen LogP contribution < -0.4 is 11.1 Å². The molecule has 0 saturated heterocycles. The van der Waals surface area contributed by atoms with E-state index in [1.165, 1.54) is 0 Å². The van der Waals surface area contributed by atoms with Gasteiger partial charge >= 0.3 is 0 Å². The van der Waals surface area contributed by atoms with E-state index in [1.807, 2.05) is 17.5 Å². The lowest BCUT2D eigenvalue weighted by Gasteiger charge is -2.15. The van der Waals surface area contributed by atoms with Crippen molar-refractivity contribution in [2.24, 2.45) is 5.73 Å². The molecule has 0 aliphatic heterocycles. The third-order valence-electron chi connectivity index (χ3n) is 2.62. The summed E-state index contributed by atoms with van der Waals surface area (Å²) in [5.74, 6) is 1.58. The highest BCUT2D eigenvalue weighted by Crippen LogP contribution is 2.13. The second-order valence-electron chi connectivity index (χ2n) is 3.70. The van der Waals surface area contributed by atoms with E-state index in [-0.39, 0.29) is 6.04 Å². The van der Waals surface area contributed by atoms with Crippen molar-refractivity contribution in [3.8, 4) is 0 Å². The quantitative estimate of drug-likeness (QED) is 0.787. The number of nitrogens with one attached hydrogen (secondary N) is 1.